The van der Waals surface area contributed by atoms with Gasteiger partial charge >= 0.3 is 11.9 Å². The molecule has 2 spiro atoms. The molecule has 4 bridgehead atoms. The molecule has 4 saturated heterocycles. The highest BCUT2D eigenvalue weighted by molar-refractivity contribution is 8.00. The van der Waals surface area contributed by atoms with Gasteiger partial charge in [0.25, 0.3) is 0 Å². The Bertz CT molecular complexity index is 1230. The van der Waals surface area contributed by atoms with Crippen LogP contribution in [0.2, 0.25) is 0 Å². The number of ether oxygens (including phenoxy) is 2. The van der Waals surface area contributed by atoms with Gasteiger partial charge in [-0.05, 0) is 100 Å². The normalized spacial score (nSPS) is 42.4. The smallest absolute Gasteiger partial charge is 0.331 e. The number of piperidine rings is 2. The van der Waals surface area contributed by atoms with Crippen molar-refractivity contribution in [3.8, 4) is 0 Å². The van der Waals surface area contributed by atoms with Crippen molar-refractivity contribution in [3.63, 3.8) is 0 Å². The second-order valence-electron chi connectivity index (χ2n) is 14.8. The van der Waals surface area contributed by atoms with Gasteiger partial charge in [0.05, 0.1) is 12.1 Å². The lowest BCUT2D eigenvalue weighted by Gasteiger charge is -2.41. The second-order valence-corrected chi connectivity index (χ2v) is 17.5. The number of nitrogens with zero attached hydrogens (tertiary/aromatic N) is 3. The van der Waals surface area contributed by atoms with E-state index in [2.05, 4.69) is 52.1 Å². The van der Waals surface area contributed by atoms with Gasteiger partial charge in [-0.15, -0.1) is 0 Å². The van der Waals surface area contributed by atoms with Crippen molar-refractivity contribution in [1.29, 1.82) is 0 Å². The summed E-state index contributed by atoms with van der Waals surface area (Å²) < 4.78 is 12.3. The molecule has 9 heteroatoms. The molecule has 6 fully saturated rings. The van der Waals surface area contributed by atoms with Gasteiger partial charge in [0.1, 0.15) is 0 Å². The van der Waals surface area contributed by atoms with Crippen LogP contribution in [0.15, 0.2) is 23.3 Å². The van der Waals surface area contributed by atoms with Gasteiger partial charge in [0.2, 0.25) is 0 Å². The molecule has 2 aliphatic carbocycles. The van der Waals surface area contributed by atoms with Gasteiger partial charge in [-0.25, -0.2) is 9.59 Å². The molecule has 0 radical (unpaired) electrons. The zero-order valence-corrected chi connectivity index (χ0v) is 28.3. The summed E-state index contributed by atoms with van der Waals surface area (Å²) >= 11 is 4.27. The van der Waals surface area contributed by atoms with E-state index in [1.807, 2.05) is 12.2 Å². The molecular weight excluding hydrogens is 591 g/mol. The first-order valence-electron chi connectivity index (χ1n) is 17.8. The van der Waals surface area contributed by atoms with Crippen molar-refractivity contribution in [2.24, 2.45) is 5.92 Å². The summed E-state index contributed by atoms with van der Waals surface area (Å²) in [5, 5.41) is 1.16. The number of fused-ring (bicyclic) bond motifs is 6. The Labute approximate surface area is 272 Å². The molecule has 0 N–H and O–H groups in total. The number of hydrogen-bond acceptors (Lipinski definition) is 9. The number of carbonyl (C=O) groups excluding carboxylic acids is 2. The predicted octanol–water partition coefficient (Wildman–Crippen LogP) is 5.04. The Morgan fingerprint density at radius 3 is 2.18 bits per heavy atom. The van der Waals surface area contributed by atoms with Crippen LogP contribution in [0.4, 0.5) is 0 Å². The van der Waals surface area contributed by atoms with Crippen LogP contribution in [0.1, 0.15) is 84.5 Å². The lowest BCUT2D eigenvalue weighted by Crippen LogP contribution is -2.50. The molecule has 8 aliphatic rings. The van der Waals surface area contributed by atoms with Crippen LogP contribution in [-0.4, -0.2) is 117 Å². The maximum atomic E-state index is 12.6. The number of hydrogen-bond donors (Lipinski definition) is 0. The number of rotatable bonds is 11. The van der Waals surface area contributed by atoms with Gasteiger partial charge in [-0.1, -0.05) is 20.3 Å². The van der Waals surface area contributed by atoms with E-state index in [4.69, 9.17) is 9.47 Å². The lowest BCUT2D eigenvalue weighted by atomic mass is 9.75. The van der Waals surface area contributed by atoms with Crippen LogP contribution in [0.3, 0.4) is 0 Å². The fourth-order valence-electron chi connectivity index (χ4n) is 10.7. The highest BCUT2D eigenvalue weighted by Gasteiger charge is 2.65. The molecule has 6 aliphatic heterocycles. The third-order valence-corrected chi connectivity index (χ3v) is 15.6. The van der Waals surface area contributed by atoms with Crippen molar-refractivity contribution in [2.75, 3.05) is 44.2 Å². The van der Waals surface area contributed by atoms with E-state index in [-0.39, 0.29) is 23.1 Å². The molecule has 0 amide bonds. The highest BCUT2D eigenvalue weighted by Crippen LogP contribution is 2.58. The zero-order chi connectivity index (χ0) is 30.1. The SMILES string of the molecule is CCCSC1CC2=CC(=O)O[C@@]23C[C@@H]1N1CCC(CCN(CC)CCSC2CC4=CC(=O)O[C@@]45C[C@@H]2N2CCCC[C@@H]25)C[C@@H]13. The molecule has 0 aromatic carbocycles. The minimum Gasteiger partial charge on any atom is -0.450 e. The van der Waals surface area contributed by atoms with E-state index < -0.39 is 0 Å². The van der Waals surface area contributed by atoms with E-state index in [1.165, 1.54) is 55.4 Å². The van der Waals surface area contributed by atoms with Gasteiger partial charge < -0.3 is 14.4 Å². The average molecular weight is 642 g/mol. The standard InChI is InChI=1S/C35H51N3O4S2/c1-3-14-43-28-18-25-20-33(40)42-35(25)22-27(28)38-12-9-23(16-31(35)38)8-11-36(4-2)13-15-44-29-17-24-19-32(39)41-34(24)21-26(29)37-10-6-5-7-30(34)37/h19-20,23,26-31H,3-18,21-22H2,1-2H3/t23?,26-,27-,28?,29?,30+,31+,34-,35-/m0/s1. The third kappa shape index (κ3) is 4.88. The maximum absolute atomic E-state index is 12.6. The van der Waals surface area contributed by atoms with E-state index in [0.29, 0.717) is 40.6 Å². The molecule has 2 saturated carbocycles. The van der Waals surface area contributed by atoms with Crippen molar-refractivity contribution in [1.82, 2.24) is 14.7 Å². The molecule has 0 aromatic heterocycles. The Hall–Kier alpha value is -1.00. The van der Waals surface area contributed by atoms with Crippen LogP contribution >= 0.6 is 23.5 Å². The van der Waals surface area contributed by atoms with Crippen LogP contribution in [0.5, 0.6) is 0 Å². The minimum absolute atomic E-state index is 0.0982. The summed E-state index contributed by atoms with van der Waals surface area (Å²) in [6.45, 7) is 10.3. The summed E-state index contributed by atoms with van der Waals surface area (Å²) in [4.78, 5) is 33.1. The highest BCUT2D eigenvalue weighted by atomic mass is 32.2. The molecule has 6 heterocycles. The Morgan fingerprint density at radius 2 is 1.50 bits per heavy atom. The summed E-state index contributed by atoms with van der Waals surface area (Å²) in [6.07, 6.45) is 16.4. The van der Waals surface area contributed by atoms with Crippen molar-refractivity contribution >= 4 is 35.5 Å². The lowest BCUT2D eigenvalue weighted by molar-refractivity contribution is -0.149. The van der Waals surface area contributed by atoms with Gasteiger partial charge in [-0.2, -0.15) is 23.5 Å². The maximum Gasteiger partial charge on any atom is 0.331 e. The van der Waals surface area contributed by atoms with Gasteiger partial charge in [0, 0.05) is 59.9 Å². The Morgan fingerprint density at radius 1 is 0.841 bits per heavy atom. The van der Waals surface area contributed by atoms with Crippen LogP contribution in [0, 0.1) is 5.92 Å². The average Bonchev–Trinajstić information content (AvgIpc) is 3.72. The number of esters is 2. The molecule has 3 unspecified atom stereocenters. The summed E-state index contributed by atoms with van der Waals surface area (Å²) in [7, 11) is 0. The summed E-state index contributed by atoms with van der Waals surface area (Å²) in [6, 6.07) is 1.87. The molecular formula is C35H51N3O4S2. The van der Waals surface area contributed by atoms with Gasteiger partial charge in [0.15, 0.2) is 11.2 Å². The molecule has 0 aromatic rings. The fourth-order valence-corrected chi connectivity index (χ4v) is 13.5. The Kier molecular flexibility index (Phi) is 8.21. The molecule has 8 rings (SSSR count). The third-order valence-electron chi connectivity index (χ3n) is 12.8. The van der Waals surface area contributed by atoms with Crippen molar-refractivity contribution in [2.45, 2.75) is 130 Å². The summed E-state index contributed by atoms with van der Waals surface area (Å²) in [5.41, 5.74) is 1.96. The van der Waals surface area contributed by atoms with E-state index >= 15 is 0 Å². The monoisotopic (exact) mass is 641 g/mol. The van der Waals surface area contributed by atoms with Gasteiger partial charge in [-0.3, -0.25) is 9.80 Å². The van der Waals surface area contributed by atoms with Crippen LogP contribution in [0.25, 0.3) is 0 Å². The summed E-state index contributed by atoms with van der Waals surface area (Å²) in [5.74, 6) is 2.85. The fraction of sp³-hybridized carbons (Fsp3) is 0.829. The topological polar surface area (TPSA) is 62.3 Å². The van der Waals surface area contributed by atoms with Crippen molar-refractivity contribution in [3.05, 3.63) is 23.3 Å². The number of carbonyl (C=O) groups is 2. The predicted molar refractivity (Wildman–Crippen MR) is 177 cm³/mol. The first kappa shape index (κ1) is 30.3. The first-order valence-corrected chi connectivity index (χ1v) is 19.9. The van der Waals surface area contributed by atoms with Crippen LogP contribution in [-0.2, 0) is 19.1 Å². The molecule has 242 valence electrons. The number of thioether (sulfide) groups is 2. The molecule has 44 heavy (non-hydrogen) atoms. The quantitative estimate of drug-likeness (QED) is 0.289. The van der Waals surface area contributed by atoms with E-state index in [0.717, 1.165) is 70.6 Å². The zero-order valence-electron chi connectivity index (χ0n) is 26.7. The molecule has 9 atom stereocenters. The second kappa shape index (κ2) is 11.9. The first-order chi connectivity index (χ1) is 21.4. The van der Waals surface area contributed by atoms with Crippen molar-refractivity contribution < 1.29 is 19.1 Å². The molecule has 7 nitrogen and oxygen atoms in total. The van der Waals surface area contributed by atoms with Crippen LogP contribution < -0.4 is 0 Å². The van der Waals surface area contributed by atoms with E-state index in [9.17, 15) is 9.59 Å². The Balaban J connectivity index is 0.862. The van der Waals surface area contributed by atoms with E-state index in [1.54, 1.807) is 0 Å². The minimum atomic E-state index is -0.333. The largest absolute Gasteiger partial charge is 0.450 e.